The molecule has 1 N–H and O–H groups in total. The molecule has 2 rings (SSSR count). The molecule has 21 heavy (non-hydrogen) atoms. The van der Waals surface area contributed by atoms with Crippen LogP contribution in [0.15, 0.2) is 18.2 Å². The van der Waals surface area contributed by atoms with Crippen LogP contribution in [0.3, 0.4) is 0 Å². The summed E-state index contributed by atoms with van der Waals surface area (Å²) in [6.45, 7) is 5.51. The third-order valence-corrected chi connectivity index (χ3v) is 3.39. The highest BCUT2D eigenvalue weighted by molar-refractivity contribution is 6.17. The molecule has 1 heterocycles. The van der Waals surface area contributed by atoms with Crippen LogP contribution < -0.4 is 4.90 Å². The highest BCUT2D eigenvalue weighted by Gasteiger charge is 2.38. The summed E-state index contributed by atoms with van der Waals surface area (Å²) in [4.78, 5) is 25.8. The van der Waals surface area contributed by atoms with Gasteiger partial charge in [-0.05, 0) is 36.1 Å². The predicted molar refractivity (Wildman–Crippen MR) is 80.7 cm³/mol. The Hall–Kier alpha value is -2.12. The van der Waals surface area contributed by atoms with Crippen molar-refractivity contribution in [2.75, 3.05) is 11.5 Å². The Morgan fingerprint density at radius 3 is 2.38 bits per heavy atom. The van der Waals surface area contributed by atoms with E-state index in [4.69, 9.17) is 5.11 Å². The summed E-state index contributed by atoms with van der Waals surface area (Å²) in [5, 5.41) is 8.76. The molecule has 4 nitrogen and oxygen atoms in total. The van der Waals surface area contributed by atoms with Crippen molar-refractivity contribution in [3.8, 4) is 11.8 Å². The zero-order valence-corrected chi connectivity index (χ0v) is 12.6. The van der Waals surface area contributed by atoms with Gasteiger partial charge in [0.25, 0.3) is 0 Å². The molecule has 1 aromatic carbocycles. The lowest BCUT2D eigenvalue weighted by molar-refractivity contribution is -0.132. The Bertz CT molecular complexity index is 630. The minimum absolute atomic E-state index is 0.178. The van der Waals surface area contributed by atoms with Crippen molar-refractivity contribution in [3.05, 3.63) is 29.3 Å². The van der Waals surface area contributed by atoms with Crippen molar-refractivity contribution in [1.82, 2.24) is 0 Å². The Morgan fingerprint density at radius 2 is 1.81 bits per heavy atom. The highest BCUT2D eigenvalue weighted by atomic mass is 16.2. The van der Waals surface area contributed by atoms with Crippen molar-refractivity contribution in [1.29, 1.82) is 0 Å². The van der Waals surface area contributed by atoms with Gasteiger partial charge < -0.3 is 5.11 Å². The average Bonchev–Trinajstić information content (AvgIpc) is 2.33. The van der Waals surface area contributed by atoms with Crippen molar-refractivity contribution in [2.45, 2.75) is 33.6 Å². The molecule has 0 aromatic heterocycles. The third-order valence-electron chi connectivity index (χ3n) is 3.39. The second-order valence-electron chi connectivity index (χ2n) is 6.16. The molecule has 1 aliphatic heterocycles. The maximum Gasteiger partial charge on any atom is 0.234 e. The predicted octanol–water partition coefficient (Wildman–Crippen LogP) is 2.02. The molecule has 1 saturated heterocycles. The fourth-order valence-corrected chi connectivity index (χ4v) is 2.57. The van der Waals surface area contributed by atoms with Gasteiger partial charge in [-0.25, -0.2) is 0 Å². The van der Waals surface area contributed by atoms with Crippen LogP contribution >= 0.6 is 0 Å². The molecule has 0 spiro atoms. The van der Waals surface area contributed by atoms with E-state index >= 15 is 0 Å². The molecule has 0 saturated carbocycles. The third kappa shape index (κ3) is 3.50. The zero-order valence-electron chi connectivity index (χ0n) is 12.6. The number of aliphatic hydroxyl groups is 1. The molecule has 0 radical (unpaired) electrons. The molecule has 1 aliphatic rings. The van der Waals surface area contributed by atoms with Crippen LogP contribution in [0, 0.1) is 24.2 Å². The van der Waals surface area contributed by atoms with Crippen molar-refractivity contribution in [2.24, 2.45) is 5.41 Å². The summed E-state index contributed by atoms with van der Waals surface area (Å²) in [7, 11) is 0. The van der Waals surface area contributed by atoms with Crippen LogP contribution in [0.4, 0.5) is 5.69 Å². The monoisotopic (exact) mass is 285 g/mol. The normalized spacial score (nSPS) is 17.4. The maximum atomic E-state index is 12.3. The summed E-state index contributed by atoms with van der Waals surface area (Å²) in [6.07, 6.45) is 0.703. The van der Waals surface area contributed by atoms with Gasteiger partial charge in [0.1, 0.15) is 6.61 Å². The van der Waals surface area contributed by atoms with E-state index in [-0.39, 0.29) is 23.8 Å². The standard InChI is InChI=1S/C17H19NO3/c1-12-7-13(5-4-6-19)9-14(8-12)18-15(20)10-17(2,3)11-16(18)21/h7-9,19H,6,10-11H2,1-3H3. The van der Waals surface area contributed by atoms with Gasteiger partial charge in [0.15, 0.2) is 0 Å². The topological polar surface area (TPSA) is 57.6 Å². The van der Waals surface area contributed by atoms with Crippen LogP contribution in [-0.4, -0.2) is 23.5 Å². The maximum absolute atomic E-state index is 12.3. The zero-order chi connectivity index (χ0) is 15.6. The summed E-state index contributed by atoms with van der Waals surface area (Å²) in [5.41, 5.74) is 1.88. The fourth-order valence-electron chi connectivity index (χ4n) is 2.57. The Balaban J connectivity index is 2.39. The number of rotatable bonds is 1. The lowest BCUT2D eigenvalue weighted by atomic mass is 9.81. The van der Waals surface area contributed by atoms with Crippen LogP contribution in [0.25, 0.3) is 0 Å². The van der Waals surface area contributed by atoms with Crippen molar-refractivity contribution < 1.29 is 14.7 Å². The highest BCUT2D eigenvalue weighted by Crippen LogP contribution is 2.34. The van der Waals surface area contributed by atoms with Gasteiger partial charge in [0.05, 0.1) is 5.69 Å². The summed E-state index contributed by atoms with van der Waals surface area (Å²) in [5.74, 6) is 5.03. The first-order valence-electron chi connectivity index (χ1n) is 6.90. The fraction of sp³-hybridized carbons (Fsp3) is 0.412. The number of carbonyl (C=O) groups excluding carboxylic acids is 2. The van der Waals surface area contributed by atoms with E-state index in [0.29, 0.717) is 24.1 Å². The number of imide groups is 1. The second kappa shape index (κ2) is 5.71. The van der Waals surface area contributed by atoms with E-state index in [1.807, 2.05) is 26.8 Å². The summed E-state index contributed by atoms with van der Waals surface area (Å²) >= 11 is 0. The van der Waals surface area contributed by atoms with Gasteiger partial charge >= 0.3 is 0 Å². The van der Waals surface area contributed by atoms with E-state index in [1.54, 1.807) is 12.1 Å². The molecule has 0 aliphatic carbocycles. The first-order chi connectivity index (χ1) is 9.82. The number of aliphatic hydroxyl groups excluding tert-OH is 1. The van der Waals surface area contributed by atoms with E-state index in [9.17, 15) is 9.59 Å². The molecule has 1 fully saturated rings. The van der Waals surface area contributed by atoms with Crippen molar-refractivity contribution in [3.63, 3.8) is 0 Å². The van der Waals surface area contributed by atoms with E-state index < -0.39 is 0 Å². The molecular formula is C17H19NO3. The van der Waals surface area contributed by atoms with Crippen LogP contribution in [0.5, 0.6) is 0 Å². The van der Waals surface area contributed by atoms with Gasteiger partial charge in [-0.2, -0.15) is 0 Å². The van der Waals surface area contributed by atoms with E-state index in [1.165, 1.54) is 4.90 Å². The van der Waals surface area contributed by atoms with Crippen LogP contribution in [0.1, 0.15) is 37.8 Å². The quantitative estimate of drug-likeness (QED) is 0.634. The second-order valence-corrected chi connectivity index (χ2v) is 6.16. The van der Waals surface area contributed by atoms with Gasteiger partial charge in [-0.15, -0.1) is 0 Å². The van der Waals surface area contributed by atoms with E-state index in [0.717, 1.165) is 5.56 Å². The first kappa shape index (κ1) is 15.3. The van der Waals surface area contributed by atoms with Gasteiger partial charge in [-0.1, -0.05) is 25.7 Å². The number of carbonyl (C=O) groups is 2. The van der Waals surface area contributed by atoms with Crippen LogP contribution in [0.2, 0.25) is 0 Å². The number of benzene rings is 1. The molecule has 1 aromatic rings. The van der Waals surface area contributed by atoms with Crippen LogP contribution in [-0.2, 0) is 9.59 Å². The molecule has 0 unspecified atom stereocenters. The molecule has 2 amide bonds. The minimum Gasteiger partial charge on any atom is -0.384 e. The minimum atomic E-state index is -0.284. The lowest BCUT2D eigenvalue weighted by Gasteiger charge is -2.34. The molecule has 4 heteroatoms. The number of hydrogen-bond acceptors (Lipinski definition) is 3. The number of piperidine rings is 1. The average molecular weight is 285 g/mol. The number of aryl methyl sites for hydroxylation is 1. The van der Waals surface area contributed by atoms with Gasteiger partial charge in [0, 0.05) is 18.4 Å². The number of nitrogens with zero attached hydrogens (tertiary/aromatic N) is 1. The molecule has 110 valence electrons. The number of hydrogen-bond donors (Lipinski definition) is 1. The lowest BCUT2D eigenvalue weighted by Crippen LogP contribution is -2.46. The Morgan fingerprint density at radius 1 is 1.19 bits per heavy atom. The van der Waals surface area contributed by atoms with Crippen molar-refractivity contribution >= 4 is 17.5 Å². The first-order valence-corrected chi connectivity index (χ1v) is 6.90. The number of amides is 2. The molecule has 0 atom stereocenters. The SMILES string of the molecule is Cc1cc(C#CCO)cc(N2C(=O)CC(C)(C)CC2=O)c1. The molecule has 0 bridgehead atoms. The van der Waals surface area contributed by atoms with Gasteiger partial charge in [-0.3, -0.25) is 14.5 Å². The van der Waals surface area contributed by atoms with Gasteiger partial charge in [0.2, 0.25) is 11.8 Å². The smallest absolute Gasteiger partial charge is 0.234 e. The largest absolute Gasteiger partial charge is 0.384 e. The summed E-state index contributed by atoms with van der Waals surface area (Å²) in [6, 6.07) is 5.37. The number of anilines is 1. The van der Waals surface area contributed by atoms with E-state index in [2.05, 4.69) is 11.8 Å². The Labute approximate surface area is 124 Å². The Kier molecular flexibility index (Phi) is 4.15. The molecular weight excluding hydrogens is 266 g/mol. The summed E-state index contributed by atoms with van der Waals surface area (Å²) < 4.78 is 0.